The summed E-state index contributed by atoms with van der Waals surface area (Å²) in [5.74, 6) is 0.588. The average Bonchev–Trinajstić information content (AvgIpc) is 2.86. The van der Waals surface area contributed by atoms with E-state index in [1.807, 2.05) is 45.0 Å². The molecule has 5 nitrogen and oxygen atoms in total. The molecule has 1 heterocycles. The monoisotopic (exact) mass is 287 g/mol. The van der Waals surface area contributed by atoms with E-state index in [9.17, 15) is 4.79 Å². The topological polar surface area (TPSA) is 67.0 Å². The van der Waals surface area contributed by atoms with E-state index in [0.29, 0.717) is 6.54 Å². The molecular weight excluding hydrogens is 266 g/mol. The molecule has 0 saturated heterocycles. The lowest BCUT2D eigenvalue weighted by Gasteiger charge is -2.16. The lowest BCUT2D eigenvalue weighted by atomic mass is 10.1. The summed E-state index contributed by atoms with van der Waals surface area (Å²) in [6.45, 7) is 8.02. The van der Waals surface area contributed by atoms with Crippen LogP contribution in [0.25, 0.3) is 0 Å². The summed E-state index contributed by atoms with van der Waals surface area (Å²) in [6.07, 6.45) is -0.550. The Labute approximate surface area is 124 Å². The Morgan fingerprint density at radius 2 is 2.10 bits per heavy atom. The summed E-state index contributed by atoms with van der Waals surface area (Å²) >= 11 is 0. The van der Waals surface area contributed by atoms with Gasteiger partial charge in [-0.25, -0.2) is 0 Å². The van der Waals surface area contributed by atoms with Crippen molar-refractivity contribution in [3.63, 3.8) is 0 Å². The lowest BCUT2D eigenvalue weighted by Crippen LogP contribution is -2.36. The number of amides is 1. The van der Waals surface area contributed by atoms with Crippen molar-refractivity contribution >= 4 is 5.91 Å². The number of hydrogen-bond acceptors (Lipinski definition) is 3. The first kappa shape index (κ1) is 15.1. The summed E-state index contributed by atoms with van der Waals surface area (Å²) < 4.78 is 5.74. The van der Waals surface area contributed by atoms with Gasteiger partial charge in [-0.3, -0.25) is 9.89 Å². The van der Waals surface area contributed by atoms with Crippen LogP contribution in [0.15, 0.2) is 24.3 Å². The van der Waals surface area contributed by atoms with Crippen molar-refractivity contribution in [2.24, 2.45) is 0 Å². The van der Waals surface area contributed by atoms with E-state index in [1.165, 1.54) is 0 Å². The van der Waals surface area contributed by atoms with Gasteiger partial charge in [0, 0.05) is 5.69 Å². The molecule has 2 N–H and O–H groups in total. The molecule has 2 rings (SSSR count). The molecule has 0 aliphatic rings. The third-order valence-corrected chi connectivity index (χ3v) is 3.22. The molecule has 1 amide bonds. The third-order valence-electron chi connectivity index (χ3n) is 3.22. The van der Waals surface area contributed by atoms with E-state index < -0.39 is 6.10 Å². The molecular formula is C16H21N3O2. The fourth-order valence-corrected chi connectivity index (χ4v) is 1.96. The van der Waals surface area contributed by atoms with Crippen LogP contribution in [0, 0.1) is 20.8 Å². The fraction of sp³-hybridized carbons (Fsp3) is 0.375. The van der Waals surface area contributed by atoms with E-state index in [2.05, 4.69) is 15.5 Å². The smallest absolute Gasteiger partial charge is 0.261 e. The molecule has 0 spiro atoms. The number of nitrogens with one attached hydrogen (secondary N) is 2. The second-order valence-corrected chi connectivity index (χ2v) is 5.29. The van der Waals surface area contributed by atoms with Crippen molar-refractivity contribution in [3.8, 4) is 5.75 Å². The molecule has 0 aliphatic heterocycles. The summed E-state index contributed by atoms with van der Waals surface area (Å²) in [6, 6.07) is 7.85. The van der Waals surface area contributed by atoms with Gasteiger partial charge < -0.3 is 10.1 Å². The normalized spacial score (nSPS) is 12.0. The molecule has 21 heavy (non-hydrogen) atoms. The number of ether oxygens (including phenoxy) is 1. The maximum Gasteiger partial charge on any atom is 0.261 e. The van der Waals surface area contributed by atoms with E-state index in [4.69, 9.17) is 4.74 Å². The number of aromatic nitrogens is 2. The maximum atomic E-state index is 12.0. The Morgan fingerprint density at radius 1 is 1.33 bits per heavy atom. The van der Waals surface area contributed by atoms with Gasteiger partial charge in [-0.1, -0.05) is 12.1 Å². The number of carbonyl (C=O) groups is 1. The minimum absolute atomic E-state index is 0.156. The summed E-state index contributed by atoms with van der Waals surface area (Å²) in [4.78, 5) is 12.0. The zero-order valence-electron chi connectivity index (χ0n) is 12.9. The van der Waals surface area contributed by atoms with Gasteiger partial charge in [0.25, 0.3) is 5.91 Å². The number of carbonyl (C=O) groups excluding carboxylic acids is 1. The molecule has 0 saturated carbocycles. The van der Waals surface area contributed by atoms with E-state index in [1.54, 1.807) is 6.92 Å². The summed E-state index contributed by atoms with van der Waals surface area (Å²) in [5.41, 5.74) is 3.90. The Morgan fingerprint density at radius 3 is 2.76 bits per heavy atom. The van der Waals surface area contributed by atoms with Crippen LogP contribution in [0.2, 0.25) is 0 Å². The fourth-order valence-electron chi connectivity index (χ4n) is 1.96. The van der Waals surface area contributed by atoms with Gasteiger partial charge in [0.05, 0.1) is 12.2 Å². The zero-order chi connectivity index (χ0) is 15.4. The van der Waals surface area contributed by atoms with Crippen molar-refractivity contribution in [3.05, 3.63) is 46.8 Å². The highest BCUT2D eigenvalue weighted by atomic mass is 16.5. The minimum Gasteiger partial charge on any atom is -0.481 e. The molecule has 0 radical (unpaired) electrons. The van der Waals surface area contributed by atoms with E-state index in [-0.39, 0.29) is 5.91 Å². The van der Waals surface area contributed by atoms with Crippen LogP contribution >= 0.6 is 0 Å². The summed E-state index contributed by atoms with van der Waals surface area (Å²) in [7, 11) is 0. The second-order valence-electron chi connectivity index (χ2n) is 5.29. The first-order chi connectivity index (χ1) is 9.95. The van der Waals surface area contributed by atoms with Crippen molar-refractivity contribution in [1.82, 2.24) is 15.5 Å². The van der Waals surface area contributed by atoms with Gasteiger partial charge in [0.1, 0.15) is 5.75 Å². The van der Waals surface area contributed by atoms with Crippen LogP contribution in [0.1, 0.15) is 29.4 Å². The van der Waals surface area contributed by atoms with Crippen molar-refractivity contribution < 1.29 is 9.53 Å². The number of aromatic amines is 1. The average molecular weight is 287 g/mol. The molecule has 1 aromatic carbocycles. The quantitative estimate of drug-likeness (QED) is 0.887. The Kier molecular flexibility index (Phi) is 4.62. The number of benzene rings is 1. The number of nitrogens with zero attached hydrogens (tertiary/aromatic N) is 1. The minimum atomic E-state index is -0.550. The van der Waals surface area contributed by atoms with E-state index >= 15 is 0 Å². The van der Waals surface area contributed by atoms with Gasteiger partial charge in [0.2, 0.25) is 0 Å². The van der Waals surface area contributed by atoms with Crippen LogP contribution < -0.4 is 10.1 Å². The number of H-pyrrole nitrogens is 1. The van der Waals surface area contributed by atoms with Gasteiger partial charge in [-0.05, 0) is 51.0 Å². The molecule has 2 aromatic rings. The first-order valence-corrected chi connectivity index (χ1v) is 6.98. The summed E-state index contributed by atoms with van der Waals surface area (Å²) in [5, 5.41) is 9.74. The highest BCUT2D eigenvalue weighted by molar-refractivity contribution is 5.80. The van der Waals surface area contributed by atoms with Gasteiger partial charge in [-0.2, -0.15) is 5.10 Å². The van der Waals surface area contributed by atoms with Gasteiger partial charge >= 0.3 is 0 Å². The number of hydrogen-bond donors (Lipinski definition) is 2. The predicted molar refractivity (Wildman–Crippen MR) is 81.2 cm³/mol. The van der Waals surface area contributed by atoms with Gasteiger partial charge in [-0.15, -0.1) is 0 Å². The molecule has 1 unspecified atom stereocenters. The zero-order valence-corrected chi connectivity index (χ0v) is 12.9. The van der Waals surface area contributed by atoms with E-state index in [0.717, 1.165) is 28.3 Å². The Hall–Kier alpha value is -2.30. The molecule has 112 valence electrons. The van der Waals surface area contributed by atoms with Crippen LogP contribution in [-0.4, -0.2) is 22.2 Å². The largest absolute Gasteiger partial charge is 0.481 e. The molecule has 5 heteroatoms. The van der Waals surface area contributed by atoms with Crippen LogP contribution in [0.5, 0.6) is 5.75 Å². The van der Waals surface area contributed by atoms with Gasteiger partial charge in [0.15, 0.2) is 6.10 Å². The Balaban J connectivity index is 1.91. The van der Waals surface area contributed by atoms with Crippen LogP contribution in [0.3, 0.4) is 0 Å². The lowest BCUT2D eigenvalue weighted by molar-refractivity contribution is -0.127. The number of aryl methyl sites for hydroxylation is 3. The second kappa shape index (κ2) is 6.43. The maximum absolute atomic E-state index is 12.0. The highest BCUT2D eigenvalue weighted by Gasteiger charge is 2.15. The predicted octanol–water partition coefficient (Wildman–Crippen LogP) is 2.42. The molecule has 1 aromatic heterocycles. The third kappa shape index (κ3) is 4.08. The first-order valence-electron chi connectivity index (χ1n) is 6.98. The van der Waals surface area contributed by atoms with Crippen molar-refractivity contribution in [2.45, 2.75) is 40.3 Å². The molecule has 0 fully saturated rings. The van der Waals surface area contributed by atoms with Crippen molar-refractivity contribution in [2.75, 3.05) is 0 Å². The molecule has 0 bridgehead atoms. The standard InChI is InChI=1S/C16H21N3O2/c1-10-5-6-11(2)15(7-10)21-13(4)16(20)17-9-14-8-12(3)18-19-14/h5-8,13H,9H2,1-4H3,(H,17,20)(H,18,19). The Bertz CT molecular complexity index is 634. The van der Waals surface area contributed by atoms with Crippen LogP contribution in [0.4, 0.5) is 0 Å². The molecule has 0 aliphatic carbocycles. The van der Waals surface area contributed by atoms with Crippen molar-refractivity contribution in [1.29, 1.82) is 0 Å². The SMILES string of the molecule is Cc1ccc(C)c(OC(C)C(=O)NCc2cc(C)[nH]n2)c1. The molecule has 1 atom stereocenters. The van der Waals surface area contributed by atoms with Crippen LogP contribution in [-0.2, 0) is 11.3 Å². The number of rotatable bonds is 5. The highest BCUT2D eigenvalue weighted by Crippen LogP contribution is 2.20.